The van der Waals surface area contributed by atoms with Crippen molar-refractivity contribution in [1.82, 2.24) is 4.90 Å². The van der Waals surface area contributed by atoms with Gasteiger partial charge in [0.2, 0.25) is 5.78 Å². The summed E-state index contributed by atoms with van der Waals surface area (Å²) in [5.41, 5.74) is 5.43. The summed E-state index contributed by atoms with van der Waals surface area (Å²) in [4.78, 5) is 42.9. The van der Waals surface area contributed by atoms with Crippen molar-refractivity contribution >= 4 is 28.9 Å². The number of phenolic OH excluding ortho intramolecular Hbond substituents is 1. The van der Waals surface area contributed by atoms with Crippen molar-refractivity contribution in [3.05, 3.63) is 63.9 Å². The highest BCUT2D eigenvalue weighted by Crippen LogP contribution is 2.54. The Bertz CT molecular complexity index is 1550. The molecule has 0 heterocycles. The third-order valence-corrected chi connectivity index (χ3v) is 8.85. The molecule has 0 spiro atoms. The molecule has 10 nitrogen and oxygen atoms in total. The van der Waals surface area contributed by atoms with Crippen LogP contribution in [0.3, 0.4) is 0 Å². The SMILES string of the molecule is CCc1ccc(-c2cc(N(C)C)c3c(c2O)C(O)=C2C(=O)[C@@]4(O)C(O)=C(C(N)=O)C(=O)[C@H](N(C)C)[C@H]4C[C@H]2C3)cc1. The van der Waals surface area contributed by atoms with Crippen LogP contribution in [0.15, 0.2) is 47.2 Å². The van der Waals surface area contributed by atoms with Gasteiger partial charge in [-0.25, -0.2) is 0 Å². The van der Waals surface area contributed by atoms with Crippen LogP contribution in [0, 0.1) is 11.8 Å². The molecule has 5 rings (SSSR count). The summed E-state index contributed by atoms with van der Waals surface area (Å²) in [5, 5.41) is 46.0. The molecule has 6 N–H and O–H groups in total. The largest absolute Gasteiger partial charge is 0.508 e. The Morgan fingerprint density at radius 2 is 1.71 bits per heavy atom. The highest BCUT2D eigenvalue weighted by molar-refractivity contribution is 6.24. The number of carbonyl (C=O) groups is 3. The lowest BCUT2D eigenvalue weighted by atomic mass is 9.57. The van der Waals surface area contributed by atoms with E-state index in [-0.39, 0.29) is 29.7 Å². The number of hydrogen-bond donors (Lipinski definition) is 5. The van der Waals surface area contributed by atoms with Crippen LogP contribution in [-0.2, 0) is 27.2 Å². The Labute approximate surface area is 238 Å². The molecular formula is C31H35N3O7. The van der Waals surface area contributed by atoms with Gasteiger partial charge in [0.05, 0.1) is 11.6 Å². The second-order valence-corrected chi connectivity index (χ2v) is 11.6. The van der Waals surface area contributed by atoms with Gasteiger partial charge in [0, 0.05) is 36.8 Å². The summed E-state index contributed by atoms with van der Waals surface area (Å²) in [6.45, 7) is 2.04. The standard InChI is InChI=1S/C31H35N3O7/c1-6-14-7-9-15(10-8-14)17-13-20(33(2)3)18-11-16-12-19-24(34(4)5)27(37)23(30(32)40)29(39)31(19,41)28(38)21(16)26(36)22(18)25(17)35/h7-10,13,16,19,24,35-36,39,41H,6,11-12H2,1-5H3,(H2,32,40)/t16-,19-,24-,31-/m1/s1. The number of aromatic hydroxyl groups is 1. The first kappa shape index (κ1) is 28.4. The fraction of sp³-hybridized carbons (Fsp3) is 0.387. The summed E-state index contributed by atoms with van der Waals surface area (Å²) in [7, 11) is 6.83. The minimum absolute atomic E-state index is 0.0413. The molecule has 0 aliphatic heterocycles. The zero-order valence-electron chi connectivity index (χ0n) is 23.7. The molecule has 3 aliphatic rings. The van der Waals surface area contributed by atoms with Gasteiger partial charge >= 0.3 is 0 Å². The average molecular weight is 562 g/mol. The maximum absolute atomic E-state index is 14.1. The van der Waals surface area contributed by atoms with E-state index >= 15 is 0 Å². The summed E-state index contributed by atoms with van der Waals surface area (Å²) >= 11 is 0. The number of nitrogens with zero attached hydrogens (tertiary/aromatic N) is 2. The quantitative estimate of drug-likeness (QED) is 0.344. The van der Waals surface area contributed by atoms with Gasteiger partial charge in [0.25, 0.3) is 5.91 Å². The molecule has 2 aromatic carbocycles. The predicted molar refractivity (Wildman–Crippen MR) is 153 cm³/mol. The van der Waals surface area contributed by atoms with Crippen molar-refractivity contribution in [2.45, 2.75) is 37.8 Å². The molecule has 4 atom stereocenters. The van der Waals surface area contributed by atoms with Crippen molar-refractivity contribution in [2.75, 3.05) is 33.1 Å². The van der Waals surface area contributed by atoms with Crippen LogP contribution in [0.25, 0.3) is 16.9 Å². The number of Topliss-reactive ketones (excluding diaryl/α,β-unsaturated/α-hetero) is 2. The molecule has 216 valence electrons. The maximum Gasteiger partial charge on any atom is 0.255 e. The van der Waals surface area contributed by atoms with Crippen molar-refractivity contribution in [3.8, 4) is 16.9 Å². The number of ketones is 2. The fourth-order valence-electron chi connectivity index (χ4n) is 6.83. The summed E-state index contributed by atoms with van der Waals surface area (Å²) in [5.74, 6) is -6.64. The minimum Gasteiger partial charge on any atom is -0.508 e. The molecule has 0 aromatic heterocycles. The molecule has 1 fully saturated rings. The minimum atomic E-state index is -2.67. The fourth-order valence-corrected chi connectivity index (χ4v) is 6.83. The van der Waals surface area contributed by atoms with Gasteiger partial charge < -0.3 is 31.1 Å². The molecular weight excluding hydrogens is 526 g/mol. The molecule has 0 radical (unpaired) electrons. The van der Waals surface area contributed by atoms with Gasteiger partial charge in [-0.1, -0.05) is 31.2 Å². The van der Waals surface area contributed by atoms with Gasteiger partial charge in [-0.3, -0.25) is 19.3 Å². The van der Waals surface area contributed by atoms with E-state index in [1.165, 1.54) is 4.90 Å². The zero-order valence-corrected chi connectivity index (χ0v) is 23.7. The van der Waals surface area contributed by atoms with Gasteiger partial charge in [-0.15, -0.1) is 0 Å². The summed E-state index contributed by atoms with van der Waals surface area (Å²) in [6.07, 6.45) is 1.11. The lowest BCUT2D eigenvalue weighted by Crippen LogP contribution is -2.65. The maximum atomic E-state index is 14.1. The van der Waals surface area contributed by atoms with Crippen molar-refractivity contribution in [1.29, 1.82) is 0 Å². The molecule has 1 saturated carbocycles. The monoisotopic (exact) mass is 561 g/mol. The number of hydrogen-bond acceptors (Lipinski definition) is 9. The molecule has 0 saturated heterocycles. The number of fused-ring (bicyclic) bond motifs is 3. The highest BCUT2D eigenvalue weighted by Gasteiger charge is 2.64. The van der Waals surface area contributed by atoms with Gasteiger partial charge in [0.15, 0.2) is 11.4 Å². The van der Waals surface area contributed by atoms with E-state index in [4.69, 9.17) is 5.73 Å². The number of phenols is 1. The Morgan fingerprint density at radius 3 is 2.24 bits per heavy atom. The number of aryl methyl sites for hydroxylation is 1. The smallest absolute Gasteiger partial charge is 0.255 e. The Kier molecular flexibility index (Phi) is 6.74. The Balaban J connectivity index is 1.76. The van der Waals surface area contributed by atoms with E-state index in [2.05, 4.69) is 0 Å². The number of carbonyl (C=O) groups excluding carboxylic acids is 3. The Hall–Kier alpha value is -4.15. The third-order valence-electron chi connectivity index (χ3n) is 8.85. The lowest BCUT2D eigenvalue weighted by molar-refractivity contribution is -0.153. The second-order valence-electron chi connectivity index (χ2n) is 11.6. The number of amides is 1. The van der Waals surface area contributed by atoms with Crippen molar-refractivity contribution in [2.24, 2.45) is 17.6 Å². The molecule has 41 heavy (non-hydrogen) atoms. The van der Waals surface area contributed by atoms with Crippen LogP contribution >= 0.6 is 0 Å². The topological polar surface area (TPSA) is 165 Å². The Morgan fingerprint density at radius 1 is 1.07 bits per heavy atom. The van der Waals surface area contributed by atoms with Gasteiger partial charge in [0.1, 0.15) is 22.8 Å². The van der Waals surface area contributed by atoms with Crippen molar-refractivity contribution in [3.63, 3.8) is 0 Å². The molecule has 0 unspecified atom stereocenters. The molecule has 3 aliphatic carbocycles. The van der Waals surface area contributed by atoms with E-state index < -0.39 is 58.0 Å². The third kappa shape index (κ3) is 3.96. The molecule has 2 aromatic rings. The number of anilines is 1. The normalized spacial score (nSPS) is 25.7. The number of likely N-dealkylation sites (N-methyl/N-ethyl adjacent to an activating group) is 1. The van der Waals surface area contributed by atoms with Crippen LogP contribution in [0.4, 0.5) is 5.69 Å². The number of rotatable bonds is 5. The predicted octanol–water partition coefficient (Wildman–Crippen LogP) is 2.26. The number of primary amides is 1. The van der Waals surface area contributed by atoms with Crippen LogP contribution in [-0.4, -0.2) is 82.6 Å². The van der Waals surface area contributed by atoms with Gasteiger partial charge in [-0.2, -0.15) is 0 Å². The van der Waals surface area contributed by atoms with E-state index in [1.807, 2.05) is 56.3 Å². The van der Waals surface area contributed by atoms with Crippen molar-refractivity contribution < 1.29 is 34.8 Å². The number of nitrogens with two attached hydrogens (primary N) is 1. The van der Waals surface area contributed by atoms with Crippen LogP contribution in [0.5, 0.6) is 5.75 Å². The zero-order chi connectivity index (χ0) is 30.1. The van der Waals surface area contributed by atoms with E-state index in [0.717, 1.165) is 17.7 Å². The van der Waals surface area contributed by atoms with E-state index in [0.29, 0.717) is 16.7 Å². The van der Waals surface area contributed by atoms with E-state index in [1.54, 1.807) is 14.1 Å². The summed E-state index contributed by atoms with van der Waals surface area (Å²) in [6, 6.07) is 8.38. The molecule has 1 amide bonds. The highest BCUT2D eigenvalue weighted by atomic mass is 16.3. The number of aliphatic hydroxyl groups excluding tert-OH is 2. The van der Waals surface area contributed by atoms with Gasteiger partial charge in [-0.05, 0) is 62.0 Å². The van der Waals surface area contributed by atoms with Crippen LogP contribution in [0.1, 0.15) is 30.0 Å². The average Bonchev–Trinajstić information content (AvgIpc) is 2.90. The first-order valence-electron chi connectivity index (χ1n) is 13.6. The lowest BCUT2D eigenvalue weighted by Gasteiger charge is -2.50. The first-order chi connectivity index (χ1) is 19.2. The number of benzene rings is 2. The molecule has 0 bridgehead atoms. The number of aliphatic hydroxyl groups is 3. The van der Waals surface area contributed by atoms with E-state index in [9.17, 15) is 34.8 Å². The second kappa shape index (κ2) is 9.74. The molecule has 10 heteroatoms. The van der Waals surface area contributed by atoms with Crippen LogP contribution in [0.2, 0.25) is 0 Å². The summed E-state index contributed by atoms with van der Waals surface area (Å²) < 4.78 is 0. The van der Waals surface area contributed by atoms with Crippen LogP contribution < -0.4 is 10.6 Å². The first-order valence-corrected chi connectivity index (χ1v) is 13.6.